The van der Waals surface area contributed by atoms with Gasteiger partial charge in [-0.2, -0.15) is 0 Å². The third-order valence-electron chi connectivity index (χ3n) is 2.29. The molecule has 1 heterocycles. The summed E-state index contributed by atoms with van der Waals surface area (Å²) < 4.78 is 36.2. The van der Waals surface area contributed by atoms with Crippen LogP contribution in [-0.2, 0) is 21.3 Å². The highest BCUT2D eigenvalue weighted by molar-refractivity contribution is 7.89. The van der Waals surface area contributed by atoms with Crippen molar-refractivity contribution in [2.75, 3.05) is 20.3 Å². The van der Waals surface area contributed by atoms with E-state index in [1.807, 2.05) is 20.8 Å². The Labute approximate surface area is 114 Å². The zero-order valence-electron chi connectivity index (χ0n) is 11.8. The molecule has 1 aromatic heterocycles. The van der Waals surface area contributed by atoms with Crippen molar-refractivity contribution in [3.8, 4) is 0 Å². The Balaban J connectivity index is 2.63. The predicted molar refractivity (Wildman–Crippen MR) is 72.4 cm³/mol. The third kappa shape index (κ3) is 5.73. The lowest BCUT2D eigenvalue weighted by molar-refractivity contribution is 0.204. The van der Waals surface area contributed by atoms with E-state index in [1.54, 1.807) is 6.07 Å². The summed E-state index contributed by atoms with van der Waals surface area (Å²) in [6, 6.07) is 3.11. The highest BCUT2D eigenvalue weighted by Crippen LogP contribution is 2.14. The first-order valence-corrected chi connectivity index (χ1v) is 7.55. The lowest BCUT2D eigenvalue weighted by Crippen LogP contribution is -2.34. The van der Waals surface area contributed by atoms with Crippen LogP contribution in [0.15, 0.2) is 21.6 Å². The Hall–Kier alpha value is -0.890. The molecule has 0 aliphatic rings. The van der Waals surface area contributed by atoms with Gasteiger partial charge in [-0.15, -0.1) is 0 Å². The topological polar surface area (TPSA) is 80.6 Å². The molecular weight excluding hydrogens is 268 g/mol. The van der Waals surface area contributed by atoms with Gasteiger partial charge in [-0.1, -0.05) is 0 Å². The Morgan fingerprint density at radius 1 is 1.32 bits per heavy atom. The smallest absolute Gasteiger partial charge is 0.274 e. The molecule has 0 amide bonds. The van der Waals surface area contributed by atoms with Crippen molar-refractivity contribution in [1.82, 2.24) is 10.0 Å². The fraction of sp³-hybridized carbons (Fsp3) is 0.667. The second-order valence-corrected chi connectivity index (χ2v) is 6.91. The van der Waals surface area contributed by atoms with E-state index in [9.17, 15) is 8.42 Å². The fourth-order valence-electron chi connectivity index (χ4n) is 1.30. The van der Waals surface area contributed by atoms with E-state index in [-0.39, 0.29) is 17.2 Å². The Morgan fingerprint density at radius 3 is 2.58 bits per heavy atom. The van der Waals surface area contributed by atoms with Crippen LogP contribution >= 0.6 is 0 Å². The second kappa shape index (κ2) is 6.51. The summed E-state index contributed by atoms with van der Waals surface area (Å²) in [5, 5.41) is 3.15. The van der Waals surface area contributed by atoms with Crippen molar-refractivity contribution in [1.29, 1.82) is 0 Å². The van der Waals surface area contributed by atoms with Gasteiger partial charge in [-0.25, -0.2) is 13.1 Å². The molecule has 0 fully saturated rings. The van der Waals surface area contributed by atoms with Crippen LogP contribution in [0, 0.1) is 0 Å². The molecule has 0 spiro atoms. The summed E-state index contributed by atoms with van der Waals surface area (Å²) in [6.45, 7) is 7.10. The summed E-state index contributed by atoms with van der Waals surface area (Å²) in [6.07, 6.45) is 0. The van der Waals surface area contributed by atoms with Gasteiger partial charge in [0.2, 0.25) is 5.09 Å². The van der Waals surface area contributed by atoms with Gasteiger partial charge in [0.1, 0.15) is 5.76 Å². The molecule has 0 aliphatic heterocycles. The normalized spacial score (nSPS) is 12.8. The number of furan rings is 1. The molecule has 0 saturated heterocycles. The Bertz CT molecular complexity index is 488. The molecule has 0 aliphatic carbocycles. The van der Waals surface area contributed by atoms with E-state index in [0.717, 1.165) is 0 Å². The van der Waals surface area contributed by atoms with Crippen molar-refractivity contribution >= 4 is 10.0 Å². The van der Waals surface area contributed by atoms with E-state index < -0.39 is 10.0 Å². The maximum Gasteiger partial charge on any atom is 0.274 e. The van der Waals surface area contributed by atoms with Crippen molar-refractivity contribution in [2.24, 2.45) is 0 Å². The number of hydrogen-bond donors (Lipinski definition) is 2. The third-order valence-corrected chi connectivity index (χ3v) is 3.63. The van der Waals surface area contributed by atoms with Crippen LogP contribution in [0.2, 0.25) is 0 Å². The summed E-state index contributed by atoms with van der Waals surface area (Å²) in [5.74, 6) is 0.585. The molecule has 0 saturated carbocycles. The van der Waals surface area contributed by atoms with E-state index >= 15 is 0 Å². The summed E-state index contributed by atoms with van der Waals surface area (Å²) in [5.41, 5.74) is -0.0530. The average molecular weight is 290 g/mol. The number of rotatable bonds is 7. The van der Waals surface area contributed by atoms with Crippen LogP contribution < -0.4 is 10.0 Å². The first-order chi connectivity index (χ1) is 8.74. The van der Waals surface area contributed by atoms with Crippen molar-refractivity contribution in [3.63, 3.8) is 0 Å². The van der Waals surface area contributed by atoms with Gasteiger partial charge in [0.15, 0.2) is 0 Å². The number of nitrogens with one attached hydrogen (secondary N) is 2. The van der Waals surface area contributed by atoms with Crippen LogP contribution in [0.1, 0.15) is 26.5 Å². The molecular formula is C12H22N2O4S. The average Bonchev–Trinajstić information content (AvgIpc) is 2.75. The maximum absolute atomic E-state index is 11.8. The molecule has 2 N–H and O–H groups in total. The largest absolute Gasteiger partial charge is 0.447 e. The summed E-state index contributed by atoms with van der Waals surface area (Å²) >= 11 is 0. The molecule has 1 rings (SSSR count). The van der Waals surface area contributed by atoms with E-state index in [4.69, 9.17) is 9.15 Å². The fourth-order valence-corrected chi connectivity index (χ4v) is 2.26. The maximum atomic E-state index is 11.8. The van der Waals surface area contributed by atoms with Crippen LogP contribution in [0.3, 0.4) is 0 Å². The molecule has 0 bridgehead atoms. The van der Waals surface area contributed by atoms with Gasteiger partial charge in [0, 0.05) is 19.2 Å². The van der Waals surface area contributed by atoms with E-state index in [0.29, 0.717) is 18.9 Å². The summed E-state index contributed by atoms with van der Waals surface area (Å²) in [4.78, 5) is 0. The quantitative estimate of drug-likeness (QED) is 0.735. The molecule has 0 radical (unpaired) electrons. The lowest BCUT2D eigenvalue weighted by Gasteiger charge is -2.19. The molecule has 0 unspecified atom stereocenters. The van der Waals surface area contributed by atoms with E-state index in [1.165, 1.54) is 13.2 Å². The van der Waals surface area contributed by atoms with Gasteiger partial charge in [-0.3, -0.25) is 0 Å². The standard InChI is InChI=1S/C12H22N2O4S/c1-12(2,3)13-9-10-5-6-11(18-10)19(15,16)14-7-8-17-4/h5-6,13-14H,7-9H2,1-4H3. The molecule has 6 nitrogen and oxygen atoms in total. The van der Waals surface area contributed by atoms with Crippen LogP contribution in [0.4, 0.5) is 0 Å². The Kier molecular flexibility index (Phi) is 5.54. The first-order valence-electron chi connectivity index (χ1n) is 6.07. The zero-order chi connectivity index (χ0) is 14.5. The van der Waals surface area contributed by atoms with E-state index in [2.05, 4.69) is 10.0 Å². The highest BCUT2D eigenvalue weighted by atomic mass is 32.2. The SMILES string of the molecule is COCCNS(=O)(=O)c1ccc(CNC(C)(C)C)o1. The van der Waals surface area contributed by atoms with Gasteiger partial charge < -0.3 is 14.5 Å². The number of sulfonamides is 1. The highest BCUT2D eigenvalue weighted by Gasteiger charge is 2.18. The van der Waals surface area contributed by atoms with Crippen LogP contribution in [-0.4, -0.2) is 34.2 Å². The molecule has 7 heteroatoms. The minimum absolute atomic E-state index is 0.0530. The van der Waals surface area contributed by atoms with Crippen molar-refractivity contribution in [3.05, 3.63) is 17.9 Å². The molecule has 110 valence electrons. The predicted octanol–water partition coefficient (Wildman–Crippen LogP) is 1.09. The lowest BCUT2D eigenvalue weighted by atomic mass is 10.1. The van der Waals surface area contributed by atoms with Gasteiger partial charge in [0.05, 0.1) is 13.2 Å². The minimum Gasteiger partial charge on any atom is -0.447 e. The monoisotopic (exact) mass is 290 g/mol. The zero-order valence-corrected chi connectivity index (χ0v) is 12.6. The van der Waals surface area contributed by atoms with Crippen LogP contribution in [0.5, 0.6) is 0 Å². The molecule has 0 aromatic carbocycles. The number of methoxy groups -OCH3 is 1. The number of hydrogen-bond acceptors (Lipinski definition) is 5. The van der Waals surface area contributed by atoms with Crippen molar-refractivity contribution < 1.29 is 17.6 Å². The van der Waals surface area contributed by atoms with Crippen molar-refractivity contribution in [2.45, 2.75) is 37.9 Å². The van der Waals surface area contributed by atoms with Crippen LogP contribution in [0.25, 0.3) is 0 Å². The first kappa shape index (κ1) is 16.2. The minimum atomic E-state index is -3.59. The molecule has 19 heavy (non-hydrogen) atoms. The number of ether oxygens (including phenoxy) is 1. The summed E-state index contributed by atoms with van der Waals surface area (Å²) in [7, 11) is -2.08. The second-order valence-electron chi connectivity index (χ2n) is 5.21. The van der Waals surface area contributed by atoms with Gasteiger partial charge >= 0.3 is 0 Å². The van der Waals surface area contributed by atoms with Gasteiger partial charge in [0.25, 0.3) is 10.0 Å². The van der Waals surface area contributed by atoms with Gasteiger partial charge in [-0.05, 0) is 32.9 Å². The molecule has 1 aromatic rings. The molecule has 0 atom stereocenters. The Morgan fingerprint density at radius 2 is 2.00 bits per heavy atom.